The first-order valence-corrected chi connectivity index (χ1v) is 6.91. The molecule has 3 nitrogen and oxygen atoms in total. The van der Waals surface area contributed by atoms with Crippen molar-refractivity contribution in [3.8, 4) is 0 Å². The summed E-state index contributed by atoms with van der Waals surface area (Å²) in [6.07, 6.45) is 6.19. The molecule has 0 radical (unpaired) electrons. The number of nitrogens with two attached hydrogens (primary N) is 1. The van der Waals surface area contributed by atoms with Crippen molar-refractivity contribution >= 4 is 11.0 Å². The predicted octanol–water partition coefficient (Wildman–Crippen LogP) is 2.63. The average molecular weight is 243 g/mol. The molecule has 1 unspecified atom stereocenters. The number of aromatic nitrogens is 2. The van der Waals surface area contributed by atoms with Crippen LogP contribution in [-0.4, -0.2) is 15.6 Å². The molecule has 2 N–H and O–H groups in total. The van der Waals surface area contributed by atoms with Gasteiger partial charge >= 0.3 is 0 Å². The Kier molecular flexibility index (Phi) is 3.08. The third-order valence-electron chi connectivity index (χ3n) is 4.30. The first kappa shape index (κ1) is 11.7. The Labute approximate surface area is 108 Å². The Morgan fingerprint density at radius 3 is 2.78 bits per heavy atom. The summed E-state index contributed by atoms with van der Waals surface area (Å²) >= 11 is 0. The second-order valence-corrected chi connectivity index (χ2v) is 5.49. The van der Waals surface area contributed by atoms with Gasteiger partial charge in [-0.15, -0.1) is 0 Å². The van der Waals surface area contributed by atoms with Gasteiger partial charge in [0.05, 0.1) is 11.0 Å². The smallest absolute Gasteiger partial charge is 0.111 e. The maximum Gasteiger partial charge on any atom is 0.111 e. The van der Waals surface area contributed by atoms with Gasteiger partial charge in [0, 0.05) is 19.5 Å². The molecule has 0 spiro atoms. The molecule has 1 aliphatic rings. The van der Waals surface area contributed by atoms with E-state index in [4.69, 9.17) is 10.7 Å². The van der Waals surface area contributed by atoms with Crippen LogP contribution >= 0.6 is 0 Å². The van der Waals surface area contributed by atoms with Gasteiger partial charge in [-0.1, -0.05) is 25.0 Å². The number of nitrogens with zero attached hydrogens (tertiary/aromatic N) is 2. The maximum atomic E-state index is 6.35. The molecule has 1 atom stereocenters. The topological polar surface area (TPSA) is 43.8 Å². The van der Waals surface area contributed by atoms with Crippen molar-refractivity contribution in [3.63, 3.8) is 0 Å². The van der Waals surface area contributed by atoms with Crippen LogP contribution in [0, 0.1) is 5.92 Å². The fraction of sp³-hybridized carbons (Fsp3) is 0.533. The van der Waals surface area contributed by atoms with Crippen molar-refractivity contribution in [2.75, 3.05) is 0 Å². The summed E-state index contributed by atoms with van der Waals surface area (Å²) in [5.41, 5.74) is 8.63. The van der Waals surface area contributed by atoms with E-state index in [-0.39, 0.29) is 6.04 Å². The fourth-order valence-electron chi connectivity index (χ4n) is 3.14. The molecule has 18 heavy (non-hydrogen) atoms. The molecule has 1 saturated carbocycles. The molecule has 96 valence electrons. The molecular weight excluding hydrogens is 222 g/mol. The van der Waals surface area contributed by atoms with E-state index in [2.05, 4.69) is 29.8 Å². The van der Waals surface area contributed by atoms with Crippen LogP contribution in [0.15, 0.2) is 24.3 Å². The minimum Gasteiger partial charge on any atom is -0.331 e. The third-order valence-corrected chi connectivity index (χ3v) is 4.30. The van der Waals surface area contributed by atoms with Crippen LogP contribution in [0.25, 0.3) is 11.0 Å². The Balaban J connectivity index is 1.83. The molecule has 1 aromatic heterocycles. The van der Waals surface area contributed by atoms with Crippen LogP contribution in [0.3, 0.4) is 0 Å². The number of fused-ring (bicyclic) bond motifs is 1. The fourth-order valence-corrected chi connectivity index (χ4v) is 3.14. The van der Waals surface area contributed by atoms with E-state index in [1.165, 1.54) is 31.2 Å². The van der Waals surface area contributed by atoms with E-state index in [1.54, 1.807) is 0 Å². The van der Waals surface area contributed by atoms with Crippen molar-refractivity contribution in [2.45, 2.75) is 38.1 Å². The van der Waals surface area contributed by atoms with Gasteiger partial charge in [-0.3, -0.25) is 0 Å². The summed E-state index contributed by atoms with van der Waals surface area (Å²) in [5, 5.41) is 0. The highest BCUT2D eigenvalue weighted by Gasteiger charge is 2.23. The van der Waals surface area contributed by atoms with Gasteiger partial charge in [-0.05, 0) is 30.9 Å². The zero-order valence-electron chi connectivity index (χ0n) is 11.0. The summed E-state index contributed by atoms with van der Waals surface area (Å²) in [5.74, 6) is 1.82. The van der Waals surface area contributed by atoms with Crippen molar-refractivity contribution in [1.29, 1.82) is 0 Å². The van der Waals surface area contributed by atoms with E-state index in [0.717, 1.165) is 17.8 Å². The molecule has 0 aliphatic heterocycles. The van der Waals surface area contributed by atoms with Gasteiger partial charge in [0.25, 0.3) is 0 Å². The number of hydrogen-bond donors (Lipinski definition) is 1. The summed E-state index contributed by atoms with van der Waals surface area (Å²) in [6, 6.07) is 8.55. The van der Waals surface area contributed by atoms with Crippen LogP contribution in [-0.2, 0) is 13.5 Å². The highest BCUT2D eigenvalue weighted by Crippen LogP contribution is 2.28. The van der Waals surface area contributed by atoms with Gasteiger partial charge in [0.1, 0.15) is 5.82 Å². The number of rotatable bonds is 3. The number of aryl methyl sites for hydroxylation is 1. The normalized spacial score (nSPS) is 18.6. The molecule has 0 bridgehead atoms. The number of benzene rings is 1. The minimum absolute atomic E-state index is 0.267. The monoisotopic (exact) mass is 243 g/mol. The molecule has 1 fully saturated rings. The van der Waals surface area contributed by atoms with Gasteiger partial charge in [0.15, 0.2) is 0 Å². The van der Waals surface area contributed by atoms with E-state index in [9.17, 15) is 0 Å². The first-order chi connectivity index (χ1) is 8.75. The predicted molar refractivity (Wildman–Crippen MR) is 74.4 cm³/mol. The number of imidazole rings is 1. The first-order valence-electron chi connectivity index (χ1n) is 6.91. The van der Waals surface area contributed by atoms with Gasteiger partial charge in [-0.2, -0.15) is 0 Å². The second-order valence-electron chi connectivity index (χ2n) is 5.49. The van der Waals surface area contributed by atoms with Crippen LogP contribution in [0.4, 0.5) is 0 Å². The average Bonchev–Trinajstić information content (AvgIpc) is 3.00. The molecule has 1 aromatic carbocycles. The highest BCUT2D eigenvalue weighted by molar-refractivity contribution is 5.75. The minimum atomic E-state index is 0.267. The van der Waals surface area contributed by atoms with Crippen LogP contribution < -0.4 is 5.73 Å². The zero-order chi connectivity index (χ0) is 12.5. The Morgan fingerprint density at radius 2 is 2.06 bits per heavy atom. The third kappa shape index (κ3) is 2.03. The molecule has 3 heteroatoms. The Morgan fingerprint density at radius 1 is 1.33 bits per heavy atom. The molecule has 1 aliphatic carbocycles. The zero-order valence-corrected chi connectivity index (χ0v) is 11.0. The van der Waals surface area contributed by atoms with Crippen molar-refractivity contribution in [3.05, 3.63) is 30.1 Å². The van der Waals surface area contributed by atoms with E-state index in [1.807, 2.05) is 6.07 Å². The summed E-state index contributed by atoms with van der Waals surface area (Å²) in [6.45, 7) is 0. The Bertz CT molecular complexity index is 538. The van der Waals surface area contributed by atoms with Gasteiger partial charge in [0.2, 0.25) is 0 Å². The highest BCUT2D eigenvalue weighted by atomic mass is 15.1. The lowest BCUT2D eigenvalue weighted by Gasteiger charge is -2.18. The van der Waals surface area contributed by atoms with Crippen LogP contribution in [0.2, 0.25) is 0 Å². The maximum absolute atomic E-state index is 6.35. The van der Waals surface area contributed by atoms with Crippen molar-refractivity contribution in [1.82, 2.24) is 9.55 Å². The van der Waals surface area contributed by atoms with Crippen molar-refractivity contribution in [2.24, 2.45) is 18.7 Å². The second kappa shape index (κ2) is 4.73. The lowest BCUT2D eigenvalue weighted by molar-refractivity contribution is 0.420. The summed E-state index contributed by atoms with van der Waals surface area (Å²) in [4.78, 5) is 4.71. The quantitative estimate of drug-likeness (QED) is 0.900. The summed E-state index contributed by atoms with van der Waals surface area (Å²) in [7, 11) is 2.09. The largest absolute Gasteiger partial charge is 0.331 e. The Hall–Kier alpha value is -1.35. The van der Waals surface area contributed by atoms with Crippen LogP contribution in [0.5, 0.6) is 0 Å². The van der Waals surface area contributed by atoms with Gasteiger partial charge < -0.3 is 10.3 Å². The molecule has 0 amide bonds. The molecule has 0 saturated heterocycles. The number of para-hydroxylation sites is 2. The standard InChI is InChI=1S/C15H21N3/c1-18-14-9-5-4-8-13(14)17-15(18)10-12(16)11-6-2-3-7-11/h4-5,8-9,11-12H,2-3,6-7,10,16H2,1H3. The van der Waals surface area contributed by atoms with Crippen LogP contribution in [0.1, 0.15) is 31.5 Å². The summed E-state index contributed by atoms with van der Waals surface area (Å²) < 4.78 is 2.18. The van der Waals surface area contributed by atoms with E-state index < -0.39 is 0 Å². The number of hydrogen-bond acceptors (Lipinski definition) is 2. The lowest BCUT2D eigenvalue weighted by atomic mass is 9.96. The van der Waals surface area contributed by atoms with E-state index in [0.29, 0.717) is 5.92 Å². The van der Waals surface area contributed by atoms with Gasteiger partial charge in [-0.25, -0.2) is 4.98 Å². The molecule has 1 heterocycles. The molecular formula is C15H21N3. The van der Waals surface area contributed by atoms with E-state index >= 15 is 0 Å². The molecule has 3 rings (SSSR count). The molecule has 2 aromatic rings. The lowest BCUT2D eigenvalue weighted by Crippen LogP contribution is -2.31. The van der Waals surface area contributed by atoms with Crippen molar-refractivity contribution < 1.29 is 0 Å². The SMILES string of the molecule is Cn1c(CC(N)C2CCCC2)nc2ccccc21.